The molecule has 0 saturated carbocycles. The lowest BCUT2D eigenvalue weighted by Gasteiger charge is -2.04. The van der Waals surface area contributed by atoms with Gasteiger partial charge in [-0.05, 0) is 6.07 Å². The van der Waals surface area contributed by atoms with E-state index in [9.17, 15) is 10.1 Å². The molecule has 0 aliphatic heterocycles. The van der Waals surface area contributed by atoms with Crippen LogP contribution in [-0.4, -0.2) is 12.0 Å². The van der Waals surface area contributed by atoms with Gasteiger partial charge in [0.05, 0.1) is 15.6 Å². The highest BCUT2D eigenvalue weighted by atomic mass is 35.5. The Kier molecular flexibility index (Phi) is 2.57. The zero-order valence-corrected chi connectivity index (χ0v) is 7.63. The molecule has 1 aromatic carbocycles. The minimum atomic E-state index is -0.569. The lowest BCUT2D eigenvalue weighted by atomic mass is 10.2. The number of hydrogen-bond acceptors (Lipinski definition) is 4. The van der Waals surface area contributed by atoms with E-state index in [2.05, 4.69) is 5.32 Å². The first-order valence-corrected chi connectivity index (χ1v) is 3.85. The van der Waals surface area contributed by atoms with Crippen LogP contribution in [-0.2, 0) is 0 Å². The maximum atomic E-state index is 10.4. The van der Waals surface area contributed by atoms with Crippen LogP contribution in [0.4, 0.5) is 17.1 Å². The number of nitrogens with zero attached hydrogens (tertiary/aromatic N) is 1. The van der Waals surface area contributed by atoms with Gasteiger partial charge in [-0.25, -0.2) is 0 Å². The molecule has 1 rings (SSSR count). The molecule has 0 heterocycles. The summed E-state index contributed by atoms with van der Waals surface area (Å²) in [6.45, 7) is 0. The molecule has 3 N–H and O–H groups in total. The summed E-state index contributed by atoms with van der Waals surface area (Å²) in [7, 11) is 1.66. The highest BCUT2D eigenvalue weighted by molar-refractivity contribution is 6.33. The average Bonchev–Trinajstić information content (AvgIpc) is 2.07. The first-order valence-electron chi connectivity index (χ1n) is 3.47. The average molecular weight is 202 g/mol. The van der Waals surface area contributed by atoms with Crippen LogP contribution in [0, 0.1) is 10.1 Å². The Labute approximate surface area is 79.6 Å². The third-order valence-electron chi connectivity index (χ3n) is 1.58. The van der Waals surface area contributed by atoms with Crippen LogP contribution >= 0.6 is 11.6 Å². The summed E-state index contributed by atoms with van der Waals surface area (Å²) in [5.74, 6) is 0. The number of nitrogens with one attached hydrogen (secondary N) is 1. The number of benzene rings is 1. The van der Waals surface area contributed by atoms with Crippen molar-refractivity contribution in [2.24, 2.45) is 0 Å². The van der Waals surface area contributed by atoms with E-state index in [0.717, 1.165) is 0 Å². The second-order valence-electron chi connectivity index (χ2n) is 2.40. The number of halogens is 1. The standard InChI is InChI=1S/C7H8ClN3O2/c1-10-6-3-5(9)7(11(12)13)2-4(6)8/h2-3,10H,9H2,1H3. The molecule has 0 bridgehead atoms. The van der Waals surface area contributed by atoms with Gasteiger partial charge in [-0.2, -0.15) is 0 Å². The van der Waals surface area contributed by atoms with Crippen LogP contribution in [0.25, 0.3) is 0 Å². The fraction of sp³-hybridized carbons (Fsp3) is 0.143. The third kappa shape index (κ3) is 1.81. The summed E-state index contributed by atoms with van der Waals surface area (Å²) in [5, 5.41) is 13.5. The van der Waals surface area contributed by atoms with Gasteiger partial charge in [-0.1, -0.05) is 11.6 Å². The molecule has 5 nitrogen and oxygen atoms in total. The Morgan fingerprint density at radius 1 is 1.62 bits per heavy atom. The molecule has 0 spiro atoms. The van der Waals surface area contributed by atoms with E-state index in [1.54, 1.807) is 7.05 Å². The van der Waals surface area contributed by atoms with Crippen molar-refractivity contribution in [3.63, 3.8) is 0 Å². The minimum Gasteiger partial charge on any atom is -0.393 e. The number of nitro groups is 1. The largest absolute Gasteiger partial charge is 0.393 e. The third-order valence-corrected chi connectivity index (χ3v) is 1.90. The first-order chi connectivity index (χ1) is 6.06. The molecule has 0 atom stereocenters. The van der Waals surface area contributed by atoms with E-state index in [0.29, 0.717) is 5.69 Å². The summed E-state index contributed by atoms with van der Waals surface area (Å²) >= 11 is 5.72. The summed E-state index contributed by atoms with van der Waals surface area (Å²) < 4.78 is 0. The van der Waals surface area contributed by atoms with E-state index >= 15 is 0 Å². The van der Waals surface area contributed by atoms with E-state index in [1.807, 2.05) is 0 Å². The Hall–Kier alpha value is -1.49. The predicted octanol–water partition coefficient (Wildman–Crippen LogP) is 1.87. The summed E-state index contributed by atoms with van der Waals surface area (Å²) in [6, 6.07) is 2.66. The second-order valence-corrected chi connectivity index (χ2v) is 2.81. The van der Waals surface area contributed by atoms with Gasteiger partial charge in [-0.15, -0.1) is 0 Å². The number of nitrogens with two attached hydrogens (primary N) is 1. The summed E-state index contributed by atoms with van der Waals surface area (Å²) in [5.41, 5.74) is 5.92. The SMILES string of the molecule is CNc1cc(N)c([N+](=O)[O-])cc1Cl. The lowest BCUT2D eigenvalue weighted by Crippen LogP contribution is -1.98. The quantitative estimate of drug-likeness (QED) is 0.435. The monoisotopic (exact) mass is 201 g/mol. The molecule has 70 valence electrons. The Morgan fingerprint density at radius 2 is 2.23 bits per heavy atom. The minimum absolute atomic E-state index is 0.0961. The molecular weight excluding hydrogens is 194 g/mol. The van der Waals surface area contributed by atoms with Crippen LogP contribution in [0.2, 0.25) is 5.02 Å². The number of nitrogen functional groups attached to an aromatic ring is 1. The number of nitro benzene ring substituents is 1. The van der Waals surface area contributed by atoms with Crippen molar-refractivity contribution in [3.8, 4) is 0 Å². The fourth-order valence-corrected chi connectivity index (χ4v) is 1.18. The molecular formula is C7H8ClN3O2. The van der Waals surface area contributed by atoms with E-state index in [4.69, 9.17) is 17.3 Å². The van der Waals surface area contributed by atoms with Gasteiger partial charge >= 0.3 is 0 Å². The summed E-state index contributed by atoms with van der Waals surface area (Å²) in [6.07, 6.45) is 0. The van der Waals surface area contributed by atoms with Gasteiger partial charge < -0.3 is 11.1 Å². The van der Waals surface area contributed by atoms with Gasteiger partial charge in [0, 0.05) is 13.1 Å². The lowest BCUT2D eigenvalue weighted by molar-refractivity contribution is -0.383. The molecule has 0 aliphatic carbocycles. The number of rotatable bonds is 2. The molecule has 0 saturated heterocycles. The molecule has 0 radical (unpaired) electrons. The highest BCUT2D eigenvalue weighted by Gasteiger charge is 2.14. The molecule has 1 aromatic rings. The molecule has 0 unspecified atom stereocenters. The van der Waals surface area contributed by atoms with E-state index in [-0.39, 0.29) is 16.4 Å². The van der Waals surface area contributed by atoms with Crippen LogP contribution in [0.15, 0.2) is 12.1 Å². The topological polar surface area (TPSA) is 81.2 Å². The van der Waals surface area contributed by atoms with Crippen molar-refractivity contribution in [1.29, 1.82) is 0 Å². The Morgan fingerprint density at radius 3 is 2.69 bits per heavy atom. The van der Waals surface area contributed by atoms with Crippen molar-refractivity contribution in [1.82, 2.24) is 0 Å². The van der Waals surface area contributed by atoms with Gasteiger partial charge in [0.15, 0.2) is 0 Å². The highest BCUT2D eigenvalue weighted by Crippen LogP contribution is 2.31. The van der Waals surface area contributed by atoms with Crippen molar-refractivity contribution in [2.45, 2.75) is 0 Å². The van der Waals surface area contributed by atoms with Gasteiger partial charge in [0.25, 0.3) is 5.69 Å². The molecule has 6 heteroatoms. The number of hydrogen-bond donors (Lipinski definition) is 2. The van der Waals surface area contributed by atoms with E-state index in [1.165, 1.54) is 12.1 Å². The van der Waals surface area contributed by atoms with Crippen LogP contribution in [0.3, 0.4) is 0 Å². The van der Waals surface area contributed by atoms with Crippen molar-refractivity contribution in [3.05, 3.63) is 27.3 Å². The van der Waals surface area contributed by atoms with Gasteiger partial charge in [-0.3, -0.25) is 10.1 Å². The van der Waals surface area contributed by atoms with Crippen molar-refractivity contribution in [2.75, 3.05) is 18.1 Å². The van der Waals surface area contributed by atoms with Crippen molar-refractivity contribution < 1.29 is 4.92 Å². The van der Waals surface area contributed by atoms with Gasteiger partial charge in [0.2, 0.25) is 0 Å². The zero-order chi connectivity index (χ0) is 10.0. The maximum Gasteiger partial charge on any atom is 0.293 e. The van der Waals surface area contributed by atoms with Crippen molar-refractivity contribution >= 4 is 28.7 Å². The normalized spacial score (nSPS) is 9.69. The maximum absolute atomic E-state index is 10.4. The predicted molar refractivity (Wildman–Crippen MR) is 52.1 cm³/mol. The summed E-state index contributed by atoms with van der Waals surface area (Å²) in [4.78, 5) is 9.85. The fourth-order valence-electron chi connectivity index (χ4n) is 0.929. The molecule has 0 fully saturated rings. The Bertz CT molecular complexity index is 354. The molecule has 0 amide bonds. The first kappa shape index (κ1) is 9.60. The van der Waals surface area contributed by atoms with Crippen LogP contribution in [0.5, 0.6) is 0 Å². The molecule has 0 aromatic heterocycles. The second kappa shape index (κ2) is 3.49. The van der Waals surface area contributed by atoms with Crippen LogP contribution in [0.1, 0.15) is 0 Å². The van der Waals surface area contributed by atoms with Crippen LogP contribution < -0.4 is 11.1 Å². The zero-order valence-electron chi connectivity index (χ0n) is 6.87. The number of anilines is 2. The molecule has 0 aliphatic rings. The smallest absolute Gasteiger partial charge is 0.293 e. The molecule has 13 heavy (non-hydrogen) atoms. The van der Waals surface area contributed by atoms with E-state index < -0.39 is 4.92 Å². The Balaban J connectivity index is 3.28. The van der Waals surface area contributed by atoms with Gasteiger partial charge in [0.1, 0.15) is 5.69 Å².